The van der Waals surface area contributed by atoms with Crippen molar-refractivity contribution in [2.24, 2.45) is 5.10 Å². The van der Waals surface area contributed by atoms with Crippen molar-refractivity contribution in [3.63, 3.8) is 0 Å². The number of ether oxygens (including phenoxy) is 2. The summed E-state index contributed by atoms with van der Waals surface area (Å²) in [5, 5.41) is 6.23. The fraction of sp³-hybridized carbons (Fsp3) is 0.391. The van der Waals surface area contributed by atoms with Crippen LogP contribution in [0.3, 0.4) is 0 Å². The van der Waals surface area contributed by atoms with Gasteiger partial charge in [0.15, 0.2) is 11.5 Å². The molecule has 2 aromatic carbocycles. The van der Waals surface area contributed by atoms with E-state index in [1.165, 1.54) is 18.6 Å². The van der Waals surface area contributed by atoms with Crippen LogP contribution in [0.4, 0.5) is 4.39 Å². The summed E-state index contributed by atoms with van der Waals surface area (Å²) in [6.07, 6.45) is 3.98. The van der Waals surface area contributed by atoms with Crippen LogP contribution in [0.5, 0.6) is 11.5 Å². The van der Waals surface area contributed by atoms with E-state index in [9.17, 15) is 9.18 Å². The van der Waals surface area contributed by atoms with Crippen molar-refractivity contribution < 1.29 is 18.7 Å². The van der Waals surface area contributed by atoms with Crippen LogP contribution in [0.25, 0.3) is 0 Å². The Morgan fingerprint density at radius 2 is 1.90 bits per heavy atom. The van der Waals surface area contributed by atoms with Gasteiger partial charge in [-0.1, -0.05) is 24.6 Å². The molecule has 1 amide bonds. The number of hydrogen-bond acceptors (Lipinski definition) is 5. The minimum atomic E-state index is -0.312. The number of carbonyl (C=O) groups is 1. The van der Waals surface area contributed by atoms with Gasteiger partial charge in [0.2, 0.25) is 6.79 Å². The molecule has 0 N–H and O–H groups in total. The fourth-order valence-corrected chi connectivity index (χ4v) is 4.34. The zero-order valence-corrected chi connectivity index (χ0v) is 16.7. The quantitative estimate of drug-likeness (QED) is 0.772. The number of hydrazone groups is 1. The lowest BCUT2D eigenvalue weighted by Gasteiger charge is -2.29. The monoisotopic (exact) mass is 409 g/mol. The third-order valence-corrected chi connectivity index (χ3v) is 5.91. The molecule has 7 heteroatoms. The first-order valence-electron chi connectivity index (χ1n) is 10.4. The molecule has 3 aliphatic heterocycles. The number of halogens is 1. The van der Waals surface area contributed by atoms with Crippen LogP contribution in [0, 0.1) is 5.82 Å². The standard InChI is InChI=1S/C23H24FN3O3/c24-18-6-4-5-16(11-18)19-13-20(17-7-8-21-22(12-17)30-15-29-21)27(25-19)23(28)14-26-9-2-1-3-10-26/h4-8,11-12,20H,1-3,9-10,13-15H2. The van der Waals surface area contributed by atoms with Crippen LogP contribution < -0.4 is 9.47 Å². The Morgan fingerprint density at radius 3 is 2.73 bits per heavy atom. The molecule has 30 heavy (non-hydrogen) atoms. The Kier molecular flexibility index (Phi) is 5.12. The molecule has 156 valence electrons. The van der Waals surface area contributed by atoms with Crippen molar-refractivity contribution in [1.82, 2.24) is 9.91 Å². The van der Waals surface area contributed by atoms with Gasteiger partial charge in [-0.05, 0) is 55.8 Å². The first-order chi connectivity index (χ1) is 14.7. The molecule has 0 spiro atoms. The van der Waals surface area contributed by atoms with E-state index in [-0.39, 0.29) is 24.6 Å². The molecule has 3 heterocycles. The van der Waals surface area contributed by atoms with Crippen molar-refractivity contribution in [2.45, 2.75) is 31.7 Å². The number of nitrogens with zero attached hydrogens (tertiary/aromatic N) is 3. The third-order valence-electron chi connectivity index (χ3n) is 5.91. The molecule has 0 aliphatic carbocycles. The van der Waals surface area contributed by atoms with Gasteiger partial charge in [0.25, 0.3) is 5.91 Å². The van der Waals surface area contributed by atoms with E-state index in [2.05, 4.69) is 10.0 Å². The zero-order valence-electron chi connectivity index (χ0n) is 16.7. The highest BCUT2D eigenvalue weighted by molar-refractivity contribution is 6.03. The molecular weight excluding hydrogens is 385 g/mol. The van der Waals surface area contributed by atoms with Gasteiger partial charge in [0, 0.05) is 12.0 Å². The van der Waals surface area contributed by atoms with Gasteiger partial charge < -0.3 is 9.47 Å². The molecule has 0 saturated carbocycles. The maximum atomic E-state index is 13.8. The highest BCUT2D eigenvalue weighted by Gasteiger charge is 2.34. The van der Waals surface area contributed by atoms with E-state index in [0.29, 0.717) is 35.7 Å². The Balaban J connectivity index is 1.44. The highest BCUT2D eigenvalue weighted by atomic mass is 19.1. The first-order valence-corrected chi connectivity index (χ1v) is 10.4. The molecule has 5 rings (SSSR count). The smallest absolute Gasteiger partial charge is 0.257 e. The van der Waals surface area contributed by atoms with Gasteiger partial charge in [-0.25, -0.2) is 9.40 Å². The van der Waals surface area contributed by atoms with Crippen molar-refractivity contribution in [3.05, 3.63) is 59.4 Å². The number of carbonyl (C=O) groups excluding carboxylic acids is 1. The van der Waals surface area contributed by atoms with Crippen LogP contribution in [0.2, 0.25) is 0 Å². The van der Waals surface area contributed by atoms with Gasteiger partial charge in [-0.15, -0.1) is 0 Å². The fourth-order valence-electron chi connectivity index (χ4n) is 4.34. The lowest BCUT2D eigenvalue weighted by Crippen LogP contribution is -2.40. The molecule has 0 aromatic heterocycles. The molecular formula is C23H24FN3O3. The summed E-state index contributed by atoms with van der Waals surface area (Å²) in [5.74, 6) is 1.03. The van der Waals surface area contributed by atoms with Gasteiger partial charge in [-0.2, -0.15) is 5.10 Å². The van der Waals surface area contributed by atoms with E-state index < -0.39 is 0 Å². The molecule has 1 fully saturated rings. The number of piperidine rings is 1. The summed E-state index contributed by atoms with van der Waals surface area (Å²) in [4.78, 5) is 15.4. The van der Waals surface area contributed by atoms with Gasteiger partial charge in [0.05, 0.1) is 18.3 Å². The van der Waals surface area contributed by atoms with Crippen molar-refractivity contribution in [2.75, 3.05) is 26.4 Å². The van der Waals surface area contributed by atoms with Gasteiger partial charge >= 0.3 is 0 Å². The second kappa shape index (κ2) is 8.07. The van der Waals surface area contributed by atoms with Crippen LogP contribution in [-0.4, -0.2) is 48.0 Å². The Bertz CT molecular complexity index is 987. The predicted molar refractivity (Wildman–Crippen MR) is 110 cm³/mol. The summed E-state index contributed by atoms with van der Waals surface area (Å²) < 4.78 is 24.7. The average Bonchev–Trinajstić information content (AvgIpc) is 3.41. The maximum absolute atomic E-state index is 13.8. The van der Waals surface area contributed by atoms with E-state index in [4.69, 9.17) is 9.47 Å². The second-order valence-electron chi connectivity index (χ2n) is 7.96. The third kappa shape index (κ3) is 3.77. The molecule has 3 aliphatic rings. The molecule has 1 atom stereocenters. The predicted octanol–water partition coefficient (Wildman–Crippen LogP) is 3.72. The van der Waals surface area contributed by atoms with Crippen molar-refractivity contribution in [1.29, 1.82) is 0 Å². The zero-order chi connectivity index (χ0) is 20.5. The summed E-state index contributed by atoms with van der Waals surface area (Å²) in [6, 6.07) is 11.8. The van der Waals surface area contributed by atoms with E-state index >= 15 is 0 Å². The minimum absolute atomic E-state index is 0.0361. The number of rotatable bonds is 4. The number of likely N-dealkylation sites (tertiary alicyclic amines) is 1. The normalized spacial score (nSPS) is 21.0. The SMILES string of the molecule is O=C(CN1CCCCC1)N1N=C(c2cccc(F)c2)CC1c1ccc2c(c1)OCO2. The Morgan fingerprint density at radius 1 is 1.07 bits per heavy atom. The van der Waals surface area contributed by atoms with Gasteiger partial charge in [-0.3, -0.25) is 9.69 Å². The highest BCUT2D eigenvalue weighted by Crippen LogP contribution is 2.39. The molecule has 0 bridgehead atoms. The molecule has 2 aromatic rings. The van der Waals surface area contributed by atoms with Gasteiger partial charge in [0.1, 0.15) is 5.82 Å². The number of amides is 1. The van der Waals surface area contributed by atoms with Crippen LogP contribution >= 0.6 is 0 Å². The lowest BCUT2D eigenvalue weighted by molar-refractivity contribution is -0.134. The number of hydrogen-bond donors (Lipinski definition) is 0. The summed E-state index contributed by atoms with van der Waals surface area (Å²) in [5.41, 5.74) is 2.35. The minimum Gasteiger partial charge on any atom is -0.454 e. The molecule has 0 radical (unpaired) electrons. The molecule has 1 saturated heterocycles. The van der Waals surface area contributed by atoms with Crippen molar-refractivity contribution >= 4 is 11.6 Å². The van der Waals surface area contributed by atoms with E-state index in [0.717, 1.165) is 31.5 Å². The topological polar surface area (TPSA) is 54.4 Å². The van der Waals surface area contributed by atoms with Crippen molar-refractivity contribution in [3.8, 4) is 11.5 Å². The second-order valence-corrected chi connectivity index (χ2v) is 7.96. The number of benzene rings is 2. The Labute approximate surface area is 174 Å². The van der Waals surface area contributed by atoms with E-state index in [1.54, 1.807) is 11.1 Å². The average molecular weight is 409 g/mol. The summed E-state index contributed by atoms with van der Waals surface area (Å²) >= 11 is 0. The molecule has 6 nitrogen and oxygen atoms in total. The lowest BCUT2D eigenvalue weighted by atomic mass is 9.98. The first kappa shape index (κ1) is 19.1. The largest absolute Gasteiger partial charge is 0.454 e. The van der Waals surface area contributed by atoms with E-state index in [1.807, 2.05) is 24.3 Å². The maximum Gasteiger partial charge on any atom is 0.257 e. The van der Waals surface area contributed by atoms with Crippen LogP contribution in [0.15, 0.2) is 47.6 Å². The summed E-state index contributed by atoms with van der Waals surface area (Å²) in [6.45, 7) is 2.43. The summed E-state index contributed by atoms with van der Waals surface area (Å²) in [7, 11) is 0. The Hall–Kier alpha value is -2.93. The molecule has 1 unspecified atom stereocenters. The van der Waals surface area contributed by atoms with Crippen LogP contribution in [-0.2, 0) is 4.79 Å². The van der Waals surface area contributed by atoms with Crippen LogP contribution in [0.1, 0.15) is 42.9 Å². The number of fused-ring (bicyclic) bond motifs is 1.